The number of nitrogens with zero attached hydrogens (tertiary/aromatic N) is 1. The summed E-state index contributed by atoms with van der Waals surface area (Å²) in [6, 6.07) is 19.7. The SMILES string of the molecule is O=C(CN(c1ccc(Cl)c(Cl)c1)S(=O)(=O)c1ccccc1)NCCSc1ccc(Cl)cc1. The normalized spacial score (nSPS) is 11.2. The van der Waals surface area contributed by atoms with Gasteiger partial charge in [-0.05, 0) is 54.6 Å². The van der Waals surface area contributed by atoms with Crippen LogP contribution >= 0.6 is 46.6 Å². The van der Waals surface area contributed by atoms with Gasteiger partial charge in [0.05, 0.1) is 20.6 Å². The standard InChI is InChI=1S/C22H19Cl3N2O3S2/c23-16-6-9-18(10-7-16)31-13-12-26-22(28)15-27(17-8-11-20(24)21(25)14-17)32(29,30)19-4-2-1-3-5-19/h1-11,14H,12-13,15H2,(H,26,28). The Kier molecular flexibility index (Phi) is 8.73. The van der Waals surface area contributed by atoms with Crippen molar-refractivity contribution in [2.24, 2.45) is 0 Å². The lowest BCUT2D eigenvalue weighted by Gasteiger charge is -2.24. The van der Waals surface area contributed by atoms with Crippen LogP contribution in [-0.2, 0) is 14.8 Å². The first kappa shape index (κ1) is 24.7. The van der Waals surface area contributed by atoms with E-state index >= 15 is 0 Å². The minimum Gasteiger partial charge on any atom is -0.354 e. The van der Waals surface area contributed by atoms with Crippen LogP contribution < -0.4 is 9.62 Å². The molecule has 0 heterocycles. The largest absolute Gasteiger partial charge is 0.354 e. The average Bonchev–Trinajstić information content (AvgIpc) is 2.79. The van der Waals surface area contributed by atoms with Gasteiger partial charge in [0.15, 0.2) is 0 Å². The van der Waals surface area contributed by atoms with Gasteiger partial charge in [-0.15, -0.1) is 11.8 Å². The molecule has 0 spiro atoms. The number of benzene rings is 3. The van der Waals surface area contributed by atoms with Crippen molar-refractivity contribution in [3.8, 4) is 0 Å². The molecule has 32 heavy (non-hydrogen) atoms. The van der Waals surface area contributed by atoms with Crippen molar-refractivity contribution >= 4 is 68.2 Å². The summed E-state index contributed by atoms with van der Waals surface area (Å²) in [7, 11) is -4.00. The van der Waals surface area contributed by atoms with Crippen LogP contribution in [0.15, 0.2) is 82.6 Å². The number of thioether (sulfide) groups is 1. The summed E-state index contributed by atoms with van der Waals surface area (Å²) in [6.07, 6.45) is 0. The highest BCUT2D eigenvalue weighted by Crippen LogP contribution is 2.30. The Morgan fingerprint density at radius 2 is 1.59 bits per heavy atom. The molecule has 0 saturated carbocycles. The van der Waals surface area contributed by atoms with Gasteiger partial charge in [0.25, 0.3) is 10.0 Å². The summed E-state index contributed by atoms with van der Waals surface area (Å²) in [4.78, 5) is 13.7. The number of carbonyl (C=O) groups is 1. The van der Waals surface area contributed by atoms with E-state index in [1.54, 1.807) is 42.1 Å². The molecule has 0 aliphatic carbocycles. The first-order chi connectivity index (χ1) is 15.3. The lowest BCUT2D eigenvalue weighted by atomic mass is 10.3. The molecule has 0 aliphatic rings. The summed E-state index contributed by atoms with van der Waals surface area (Å²) in [5.41, 5.74) is 0.244. The quantitative estimate of drug-likeness (QED) is 0.283. The molecule has 0 atom stereocenters. The molecule has 0 fully saturated rings. The Balaban J connectivity index is 1.71. The summed E-state index contributed by atoms with van der Waals surface area (Å²) >= 11 is 19.5. The van der Waals surface area contributed by atoms with Gasteiger partial charge in [0.1, 0.15) is 6.54 Å². The van der Waals surface area contributed by atoms with E-state index in [0.29, 0.717) is 17.3 Å². The van der Waals surface area contributed by atoms with Crippen molar-refractivity contribution in [3.63, 3.8) is 0 Å². The highest BCUT2D eigenvalue weighted by molar-refractivity contribution is 7.99. The molecule has 3 aromatic rings. The Bertz CT molecular complexity index is 1170. The number of halogens is 3. The molecule has 5 nitrogen and oxygen atoms in total. The maximum absolute atomic E-state index is 13.3. The van der Waals surface area contributed by atoms with E-state index in [1.165, 1.54) is 30.3 Å². The van der Waals surface area contributed by atoms with Gasteiger partial charge in [-0.1, -0.05) is 53.0 Å². The molecule has 3 aromatic carbocycles. The number of carbonyl (C=O) groups excluding carboxylic acids is 1. The van der Waals surface area contributed by atoms with Gasteiger partial charge in [0, 0.05) is 22.2 Å². The van der Waals surface area contributed by atoms with E-state index in [2.05, 4.69) is 5.32 Å². The summed E-state index contributed by atoms with van der Waals surface area (Å²) in [5.74, 6) is 0.179. The third kappa shape index (κ3) is 6.56. The van der Waals surface area contributed by atoms with E-state index in [4.69, 9.17) is 34.8 Å². The third-order valence-corrected chi connectivity index (χ3v) is 8.11. The van der Waals surface area contributed by atoms with Gasteiger partial charge in [-0.25, -0.2) is 8.42 Å². The first-order valence-electron chi connectivity index (χ1n) is 9.45. The fraction of sp³-hybridized carbons (Fsp3) is 0.136. The number of rotatable bonds is 9. The predicted molar refractivity (Wildman–Crippen MR) is 133 cm³/mol. The van der Waals surface area contributed by atoms with Crippen LogP contribution in [-0.4, -0.2) is 33.2 Å². The molecule has 0 bridgehead atoms. The van der Waals surface area contributed by atoms with Crippen LogP contribution in [0, 0.1) is 0 Å². The molecule has 0 unspecified atom stereocenters. The number of amides is 1. The summed E-state index contributed by atoms with van der Waals surface area (Å²) in [6.45, 7) is -0.0342. The number of nitrogens with one attached hydrogen (secondary N) is 1. The molecule has 10 heteroatoms. The number of hydrogen-bond acceptors (Lipinski definition) is 4. The van der Waals surface area contributed by atoms with Crippen LogP contribution in [0.4, 0.5) is 5.69 Å². The highest BCUT2D eigenvalue weighted by atomic mass is 35.5. The second-order valence-corrected chi connectivity index (χ2v) is 10.9. The highest BCUT2D eigenvalue weighted by Gasteiger charge is 2.27. The molecular formula is C22H19Cl3N2O3S2. The zero-order chi connectivity index (χ0) is 23.1. The van der Waals surface area contributed by atoms with Crippen LogP contribution in [0.3, 0.4) is 0 Å². The maximum atomic E-state index is 13.3. The van der Waals surface area contributed by atoms with Crippen molar-refractivity contribution in [1.82, 2.24) is 5.32 Å². The number of hydrogen-bond donors (Lipinski definition) is 1. The van der Waals surface area contributed by atoms with Gasteiger partial charge in [-0.2, -0.15) is 0 Å². The van der Waals surface area contributed by atoms with Crippen molar-refractivity contribution in [1.29, 1.82) is 0 Å². The molecule has 0 radical (unpaired) electrons. The van der Waals surface area contributed by atoms with Crippen LogP contribution in [0.5, 0.6) is 0 Å². The fourth-order valence-electron chi connectivity index (χ4n) is 2.75. The second-order valence-electron chi connectivity index (χ2n) is 6.58. The molecule has 1 N–H and O–H groups in total. The lowest BCUT2D eigenvalue weighted by Crippen LogP contribution is -2.41. The molecule has 0 aromatic heterocycles. The van der Waals surface area contributed by atoms with Crippen LogP contribution in [0.25, 0.3) is 0 Å². The summed E-state index contributed by atoms with van der Waals surface area (Å²) < 4.78 is 27.5. The van der Waals surface area contributed by atoms with Crippen molar-refractivity contribution < 1.29 is 13.2 Å². The molecule has 168 valence electrons. The van der Waals surface area contributed by atoms with E-state index in [0.717, 1.165) is 9.20 Å². The monoisotopic (exact) mass is 528 g/mol. The van der Waals surface area contributed by atoms with Gasteiger partial charge < -0.3 is 5.32 Å². The van der Waals surface area contributed by atoms with E-state index in [-0.39, 0.29) is 20.6 Å². The molecular weight excluding hydrogens is 511 g/mol. The van der Waals surface area contributed by atoms with Gasteiger partial charge in [-0.3, -0.25) is 9.10 Å². The molecule has 0 aliphatic heterocycles. The number of anilines is 1. The first-order valence-corrected chi connectivity index (χ1v) is 13.0. The van der Waals surface area contributed by atoms with E-state index < -0.39 is 22.5 Å². The average molecular weight is 530 g/mol. The fourth-order valence-corrected chi connectivity index (χ4v) is 5.37. The zero-order valence-corrected chi connectivity index (χ0v) is 20.6. The van der Waals surface area contributed by atoms with Crippen molar-refractivity contribution in [2.75, 3.05) is 23.1 Å². The number of sulfonamides is 1. The van der Waals surface area contributed by atoms with Gasteiger partial charge in [0.2, 0.25) is 5.91 Å². The Morgan fingerprint density at radius 3 is 2.25 bits per heavy atom. The third-order valence-electron chi connectivity index (χ3n) is 4.32. The smallest absolute Gasteiger partial charge is 0.264 e. The topological polar surface area (TPSA) is 66.5 Å². The van der Waals surface area contributed by atoms with Gasteiger partial charge >= 0.3 is 0 Å². The predicted octanol–water partition coefficient (Wildman–Crippen LogP) is 5.75. The Hall–Kier alpha value is -1.90. The minimum atomic E-state index is -4.00. The minimum absolute atomic E-state index is 0.0668. The van der Waals surface area contributed by atoms with Crippen LogP contribution in [0.1, 0.15) is 0 Å². The van der Waals surface area contributed by atoms with E-state index in [9.17, 15) is 13.2 Å². The van der Waals surface area contributed by atoms with Crippen molar-refractivity contribution in [3.05, 3.63) is 87.9 Å². The molecule has 3 rings (SSSR count). The lowest BCUT2D eigenvalue weighted by molar-refractivity contribution is -0.119. The Labute approximate surface area is 206 Å². The Morgan fingerprint density at radius 1 is 0.906 bits per heavy atom. The summed E-state index contributed by atoms with van der Waals surface area (Å²) in [5, 5.41) is 3.90. The molecule has 1 amide bonds. The zero-order valence-electron chi connectivity index (χ0n) is 16.7. The maximum Gasteiger partial charge on any atom is 0.264 e. The van der Waals surface area contributed by atoms with E-state index in [1.807, 2.05) is 12.1 Å². The molecule has 0 saturated heterocycles. The second kappa shape index (κ2) is 11.3. The van der Waals surface area contributed by atoms with Crippen LogP contribution in [0.2, 0.25) is 15.1 Å². The van der Waals surface area contributed by atoms with Crippen molar-refractivity contribution in [2.45, 2.75) is 9.79 Å².